The molecule has 0 radical (unpaired) electrons. The first-order chi connectivity index (χ1) is 10.3. The van der Waals surface area contributed by atoms with Crippen LogP contribution in [-0.2, 0) is 6.54 Å². The molecular weight excluding hydrogens is 270 g/mol. The summed E-state index contributed by atoms with van der Waals surface area (Å²) in [5.41, 5.74) is 0.825. The highest BCUT2D eigenvalue weighted by Gasteiger charge is 2.10. The average molecular weight is 285 g/mol. The van der Waals surface area contributed by atoms with Gasteiger partial charge in [-0.3, -0.25) is 9.48 Å². The molecule has 1 amide bonds. The van der Waals surface area contributed by atoms with Gasteiger partial charge in [0, 0.05) is 25.4 Å². The molecule has 0 aromatic carbocycles. The number of pyridine rings is 1. The maximum Gasteiger partial charge on any atom is 0.271 e. The number of hydrogen-bond acceptors (Lipinski definition) is 5. The van der Waals surface area contributed by atoms with Crippen molar-refractivity contribution in [3.05, 3.63) is 42.0 Å². The fourth-order valence-corrected chi connectivity index (χ4v) is 1.62. The van der Waals surface area contributed by atoms with Gasteiger partial charge in [-0.05, 0) is 12.1 Å². The van der Waals surface area contributed by atoms with Crippen molar-refractivity contribution in [1.29, 1.82) is 0 Å². The Morgan fingerprint density at radius 2 is 2.33 bits per heavy atom. The molecule has 0 saturated carbocycles. The number of amides is 1. The van der Waals surface area contributed by atoms with E-state index in [-0.39, 0.29) is 18.2 Å². The number of rotatable bonds is 5. The Bertz CT molecular complexity index is 643. The maximum absolute atomic E-state index is 12.1. The molecule has 0 fully saturated rings. The largest absolute Gasteiger partial charge is 0.395 e. The summed E-state index contributed by atoms with van der Waals surface area (Å²) < 4.78 is 1.63. The van der Waals surface area contributed by atoms with Crippen LogP contribution in [-0.4, -0.2) is 44.1 Å². The molecule has 0 aliphatic heterocycles. The van der Waals surface area contributed by atoms with Gasteiger partial charge in [-0.25, -0.2) is 4.98 Å². The van der Waals surface area contributed by atoms with Crippen molar-refractivity contribution in [3.8, 4) is 11.8 Å². The predicted molar refractivity (Wildman–Crippen MR) is 75.2 cm³/mol. The Labute approximate surface area is 122 Å². The molecule has 2 heterocycles. The molecule has 0 bridgehead atoms. The zero-order chi connectivity index (χ0) is 14.9. The fourth-order valence-electron chi connectivity index (χ4n) is 1.62. The van der Waals surface area contributed by atoms with Crippen molar-refractivity contribution in [2.45, 2.75) is 13.0 Å². The van der Waals surface area contributed by atoms with Crippen molar-refractivity contribution in [3.63, 3.8) is 0 Å². The lowest BCUT2D eigenvalue weighted by Gasteiger charge is -2.05. The minimum absolute atomic E-state index is 0.00724. The summed E-state index contributed by atoms with van der Waals surface area (Å²) in [6, 6.07) is 3.44. The summed E-state index contributed by atoms with van der Waals surface area (Å²) in [5, 5.41) is 19.0. The van der Waals surface area contributed by atoms with Crippen LogP contribution in [0.2, 0.25) is 0 Å². The lowest BCUT2D eigenvalue weighted by molar-refractivity contribution is 0.0946. The highest BCUT2D eigenvalue weighted by molar-refractivity contribution is 5.94. The molecule has 2 aromatic heterocycles. The van der Waals surface area contributed by atoms with Gasteiger partial charge < -0.3 is 10.4 Å². The third-order valence-corrected chi connectivity index (χ3v) is 2.58. The summed E-state index contributed by atoms with van der Waals surface area (Å²) in [6.07, 6.45) is 5.21. The van der Waals surface area contributed by atoms with Gasteiger partial charge in [-0.2, -0.15) is 0 Å². The second kappa shape index (κ2) is 7.77. The third kappa shape index (κ3) is 4.40. The van der Waals surface area contributed by atoms with Gasteiger partial charge in [0.2, 0.25) is 0 Å². The van der Waals surface area contributed by atoms with Crippen LogP contribution >= 0.6 is 0 Å². The summed E-state index contributed by atoms with van der Waals surface area (Å²) in [6.45, 7) is 0.944. The molecular formula is C14H15N5O2. The van der Waals surface area contributed by atoms with E-state index >= 15 is 0 Å². The van der Waals surface area contributed by atoms with E-state index in [9.17, 15) is 4.79 Å². The van der Waals surface area contributed by atoms with E-state index in [0.29, 0.717) is 25.1 Å². The lowest BCUT2D eigenvalue weighted by atomic mass is 10.2. The van der Waals surface area contributed by atoms with Crippen molar-refractivity contribution in [2.24, 2.45) is 0 Å². The molecule has 7 nitrogen and oxygen atoms in total. The highest BCUT2D eigenvalue weighted by Crippen LogP contribution is 2.03. The molecule has 0 spiro atoms. The van der Waals surface area contributed by atoms with Gasteiger partial charge >= 0.3 is 0 Å². The Hall–Kier alpha value is -2.72. The lowest BCUT2D eigenvalue weighted by Crippen LogP contribution is -2.28. The molecule has 2 rings (SSSR count). The molecule has 21 heavy (non-hydrogen) atoms. The van der Waals surface area contributed by atoms with Crippen molar-refractivity contribution in [2.75, 3.05) is 13.2 Å². The van der Waals surface area contributed by atoms with Gasteiger partial charge in [0.25, 0.3) is 5.91 Å². The highest BCUT2D eigenvalue weighted by atomic mass is 16.2. The SMILES string of the molecule is O=C(NCCn1ccnn1)c1ncccc1C#CCCO. The van der Waals surface area contributed by atoms with E-state index in [1.54, 1.807) is 35.4 Å². The molecule has 108 valence electrons. The third-order valence-electron chi connectivity index (χ3n) is 2.58. The monoisotopic (exact) mass is 285 g/mol. The van der Waals surface area contributed by atoms with Crippen LogP contribution in [0.25, 0.3) is 0 Å². The van der Waals surface area contributed by atoms with Crippen LogP contribution in [0.15, 0.2) is 30.7 Å². The first kappa shape index (κ1) is 14.7. The molecule has 0 aliphatic carbocycles. The Morgan fingerprint density at radius 1 is 1.43 bits per heavy atom. The van der Waals surface area contributed by atoms with E-state index in [1.165, 1.54) is 0 Å². The van der Waals surface area contributed by atoms with Crippen LogP contribution in [0, 0.1) is 11.8 Å². The van der Waals surface area contributed by atoms with Gasteiger partial charge in [0.1, 0.15) is 5.69 Å². The summed E-state index contributed by atoms with van der Waals surface area (Å²) in [5.74, 6) is 5.33. The number of nitrogens with zero attached hydrogens (tertiary/aromatic N) is 4. The predicted octanol–water partition coefficient (Wildman–Crippen LogP) is -0.163. The van der Waals surface area contributed by atoms with E-state index in [1.807, 2.05) is 0 Å². The molecule has 2 aromatic rings. The number of aromatic nitrogens is 4. The second-order valence-electron chi connectivity index (χ2n) is 4.10. The van der Waals surface area contributed by atoms with Crippen LogP contribution in [0.1, 0.15) is 22.5 Å². The Kier molecular flexibility index (Phi) is 5.43. The molecule has 7 heteroatoms. The Morgan fingerprint density at radius 3 is 3.10 bits per heavy atom. The second-order valence-corrected chi connectivity index (χ2v) is 4.10. The zero-order valence-corrected chi connectivity index (χ0v) is 11.4. The number of aliphatic hydroxyl groups excluding tert-OH is 1. The number of aliphatic hydroxyl groups is 1. The van der Waals surface area contributed by atoms with Crippen LogP contribution in [0.4, 0.5) is 0 Å². The van der Waals surface area contributed by atoms with Crippen LogP contribution in [0.3, 0.4) is 0 Å². The van der Waals surface area contributed by atoms with Crippen molar-refractivity contribution < 1.29 is 9.90 Å². The molecule has 2 N–H and O–H groups in total. The van der Waals surface area contributed by atoms with E-state index in [4.69, 9.17) is 5.11 Å². The molecule has 0 aliphatic rings. The quantitative estimate of drug-likeness (QED) is 0.744. The van der Waals surface area contributed by atoms with Gasteiger partial charge in [0.05, 0.1) is 24.9 Å². The van der Waals surface area contributed by atoms with E-state index < -0.39 is 0 Å². The summed E-state index contributed by atoms with van der Waals surface area (Å²) in [4.78, 5) is 16.2. The summed E-state index contributed by atoms with van der Waals surface area (Å²) >= 11 is 0. The van der Waals surface area contributed by atoms with Crippen LogP contribution in [0.5, 0.6) is 0 Å². The smallest absolute Gasteiger partial charge is 0.271 e. The number of carbonyl (C=O) groups excluding carboxylic acids is 1. The summed E-state index contributed by atoms with van der Waals surface area (Å²) in [7, 11) is 0. The average Bonchev–Trinajstić information content (AvgIpc) is 3.01. The number of nitrogens with one attached hydrogen (secondary N) is 1. The van der Waals surface area contributed by atoms with E-state index in [0.717, 1.165) is 0 Å². The molecule has 0 saturated heterocycles. The van der Waals surface area contributed by atoms with Gasteiger partial charge in [0.15, 0.2) is 0 Å². The maximum atomic E-state index is 12.1. The fraction of sp³-hybridized carbons (Fsp3) is 0.286. The first-order valence-corrected chi connectivity index (χ1v) is 6.48. The normalized spacial score (nSPS) is 9.76. The minimum atomic E-state index is -0.288. The van der Waals surface area contributed by atoms with Crippen molar-refractivity contribution in [1.82, 2.24) is 25.3 Å². The zero-order valence-electron chi connectivity index (χ0n) is 11.4. The number of carbonyl (C=O) groups is 1. The molecule has 0 atom stereocenters. The minimum Gasteiger partial charge on any atom is -0.395 e. The molecule has 0 unspecified atom stereocenters. The topological polar surface area (TPSA) is 92.9 Å². The Balaban J connectivity index is 1.97. The van der Waals surface area contributed by atoms with Gasteiger partial charge in [-0.15, -0.1) is 5.10 Å². The van der Waals surface area contributed by atoms with Gasteiger partial charge in [-0.1, -0.05) is 17.1 Å². The number of hydrogen-bond donors (Lipinski definition) is 2. The van der Waals surface area contributed by atoms with Crippen LogP contribution < -0.4 is 5.32 Å². The van der Waals surface area contributed by atoms with E-state index in [2.05, 4.69) is 32.5 Å². The standard InChI is InChI=1S/C14H15N5O2/c20-11-2-1-4-12-5-3-6-15-13(12)14(21)16-7-9-19-10-8-17-18-19/h3,5-6,8,10,20H,2,7,9,11H2,(H,16,21). The first-order valence-electron chi connectivity index (χ1n) is 6.48. The van der Waals surface area contributed by atoms with Crippen molar-refractivity contribution >= 4 is 5.91 Å².